The van der Waals surface area contributed by atoms with Gasteiger partial charge in [0.25, 0.3) is 0 Å². The van der Waals surface area contributed by atoms with E-state index < -0.39 is 0 Å². The lowest BCUT2D eigenvalue weighted by Crippen LogP contribution is -1.99. The van der Waals surface area contributed by atoms with Gasteiger partial charge < -0.3 is 5.32 Å². The van der Waals surface area contributed by atoms with E-state index in [0.29, 0.717) is 0 Å². The van der Waals surface area contributed by atoms with Gasteiger partial charge >= 0.3 is 0 Å². The van der Waals surface area contributed by atoms with Crippen LogP contribution in [0, 0.1) is 0 Å². The first-order valence-electron chi connectivity index (χ1n) is 5.20. The second-order valence-corrected chi connectivity index (χ2v) is 3.46. The number of aryl methyl sites for hydroxylation is 1. The maximum atomic E-state index is 4.18. The van der Waals surface area contributed by atoms with Gasteiger partial charge in [-0.25, -0.2) is 0 Å². The zero-order chi connectivity index (χ0) is 10.5. The van der Waals surface area contributed by atoms with E-state index in [1.807, 2.05) is 18.2 Å². The van der Waals surface area contributed by atoms with Crippen LogP contribution in [0.15, 0.2) is 36.4 Å². The van der Waals surface area contributed by atoms with E-state index in [0.717, 1.165) is 30.0 Å². The highest BCUT2D eigenvalue weighted by molar-refractivity contribution is 5.42. The molecule has 3 nitrogen and oxygen atoms in total. The van der Waals surface area contributed by atoms with Crippen LogP contribution in [0.3, 0.4) is 0 Å². The molecule has 15 heavy (non-hydrogen) atoms. The molecule has 0 atom stereocenters. The molecule has 0 bridgehead atoms. The summed E-state index contributed by atoms with van der Waals surface area (Å²) >= 11 is 0. The van der Waals surface area contributed by atoms with Crippen molar-refractivity contribution in [2.24, 2.45) is 0 Å². The van der Waals surface area contributed by atoms with Crippen molar-refractivity contribution in [2.75, 3.05) is 5.32 Å². The van der Waals surface area contributed by atoms with Crippen molar-refractivity contribution in [3.8, 4) is 0 Å². The molecular weight excluding hydrogens is 186 g/mol. The summed E-state index contributed by atoms with van der Waals surface area (Å²) in [5, 5.41) is 10.5. The van der Waals surface area contributed by atoms with Gasteiger partial charge in [0.1, 0.15) is 0 Å². The fraction of sp³-hybridized carbons (Fsp3) is 0.250. The molecule has 1 aromatic carbocycles. The monoisotopic (exact) mass is 201 g/mol. The van der Waals surface area contributed by atoms with Gasteiger partial charge in [0.15, 0.2) is 0 Å². The summed E-state index contributed by atoms with van der Waals surface area (Å²) in [5.41, 5.74) is 3.36. The van der Waals surface area contributed by atoms with Crippen LogP contribution in [-0.2, 0) is 13.0 Å². The highest BCUT2D eigenvalue weighted by Gasteiger charge is 1.98. The first kappa shape index (κ1) is 9.77. The molecule has 0 saturated heterocycles. The zero-order valence-electron chi connectivity index (χ0n) is 8.83. The molecule has 0 amide bonds. The molecule has 0 aliphatic rings. The average Bonchev–Trinajstić information content (AvgIpc) is 2.76. The molecule has 0 aliphatic heterocycles. The summed E-state index contributed by atoms with van der Waals surface area (Å²) in [5.74, 6) is 0. The quantitative estimate of drug-likeness (QED) is 0.798. The van der Waals surface area contributed by atoms with E-state index in [1.165, 1.54) is 0 Å². The Bertz CT molecular complexity index is 406. The van der Waals surface area contributed by atoms with Gasteiger partial charge in [-0.2, -0.15) is 5.10 Å². The van der Waals surface area contributed by atoms with Crippen molar-refractivity contribution in [3.63, 3.8) is 0 Å². The maximum Gasteiger partial charge on any atom is 0.0622 e. The lowest BCUT2D eigenvalue weighted by atomic mass is 10.3. The predicted octanol–water partition coefficient (Wildman–Crippen LogP) is 2.58. The standard InChI is InChI=1S/C12H15N3/c1-2-10-8-12(15-14-10)9-13-11-6-4-3-5-7-11/h3-8,13H,2,9H2,1H3,(H,14,15). The smallest absolute Gasteiger partial charge is 0.0622 e. The number of nitrogens with zero attached hydrogens (tertiary/aromatic N) is 1. The Morgan fingerprint density at radius 2 is 2.07 bits per heavy atom. The lowest BCUT2D eigenvalue weighted by Gasteiger charge is -2.03. The number of H-pyrrole nitrogens is 1. The molecule has 2 N–H and O–H groups in total. The van der Waals surface area contributed by atoms with Crippen LogP contribution < -0.4 is 5.32 Å². The normalized spacial score (nSPS) is 10.2. The number of benzene rings is 1. The van der Waals surface area contributed by atoms with Gasteiger partial charge in [-0.1, -0.05) is 25.1 Å². The largest absolute Gasteiger partial charge is 0.379 e. The molecule has 1 heterocycles. The second kappa shape index (κ2) is 4.64. The number of hydrogen-bond acceptors (Lipinski definition) is 2. The second-order valence-electron chi connectivity index (χ2n) is 3.46. The maximum absolute atomic E-state index is 4.18. The molecule has 0 fully saturated rings. The molecular formula is C12H15N3. The molecule has 2 rings (SSSR count). The van der Waals surface area contributed by atoms with Crippen LogP contribution in [0.4, 0.5) is 5.69 Å². The van der Waals surface area contributed by atoms with Gasteiger partial charge in [0.2, 0.25) is 0 Å². The number of aromatic nitrogens is 2. The summed E-state index contributed by atoms with van der Waals surface area (Å²) < 4.78 is 0. The van der Waals surface area contributed by atoms with Crippen LogP contribution in [0.25, 0.3) is 0 Å². The third-order valence-corrected chi connectivity index (χ3v) is 2.30. The number of para-hydroxylation sites is 1. The number of nitrogens with one attached hydrogen (secondary N) is 2. The zero-order valence-corrected chi connectivity index (χ0v) is 8.83. The van der Waals surface area contributed by atoms with Crippen molar-refractivity contribution in [2.45, 2.75) is 19.9 Å². The van der Waals surface area contributed by atoms with Gasteiger partial charge in [-0.15, -0.1) is 0 Å². The number of rotatable bonds is 4. The van der Waals surface area contributed by atoms with Crippen LogP contribution in [0.1, 0.15) is 18.3 Å². The first-order valence-corrected chi connectivity index (χ1v) is 5.20. The molecule has 0 radical (unpaired) electrons. The summed E-state index contributed by atoms with van der Waals surface area (Å²) in [6.45, 7) is 2.89. The third-order valence-electron chi connectivity index (χ3n) is 2.30. The Labute approximate surface area is 89.5 Å². The summed E-state index contributed by atoms with van der Waals surface area (Å²) in [6.07, 6.45) is 0.974. The Hall–Kier alpha value is -1.77. The summed E-state index contributed by atoms with van der Waals surface area (Å²) in [6, 6.07) is 12.3. The number of anilines is 1. The van der Waals surface area contributed by atoms with Crippen LogP contribution >= 0.6 is 0 Å². The van der Waals surface area contributed by atoms with Crippen molar-refractivity contribution >= 4 is 5.69 Å². The Morgan fingerprint density at radius 3 is 2.73 bits per heavy atom. The Balaban J connectivity index is 1.93. The van der Waals surface area contributed by atoms with Crippen molar-refractivity contribution in [1.82, 2.24) is 10.2 Å². The molecule has 0 spiro atoms. The van der Waals surface area contributed by atoms with Crippen LogP contribution in [-0.4, -0.2) is 10.2 Å². The molecule has 2 aromatic rings. The van der Waals surface area contributed by atoms with Gasteiger partial charge in [-0.05, 0) is 24.6 Å². The molecule has 0 aliphatic carbocycles. The minimum atomic E-state index is 0.789. The van der Waals surface area contributed by atoms with E-state index in [4.69, 9.17) is 0 Å². The minimum absolute atomic E-state index is 0.789. The predicted molar refractivity (Wildman–Crippen MR) is 61.7 cm³/mol. The summed E-state index contributed by atoms with van der Waals surface area (Å²) in [7, 11) is 0. The molecule has 3 heteroatoms. The van der Waals surface area contributed by atoms with Crippen molar-refractivity contribution in [1.29, 1.82) is 0 Å². The summed E-state index contributed by atoms with van der Waals surface area (Å²) in [4.78, 5) is 0. The molecule has 0 saturated carbocycles. The molecule has 1 aromatic heterocycles. The highest BCUT2D eigenvalue weighted by Crippen LogP contribution is 2.07. The minimum Gasteiger partial charge on any atom is -0.379 e. The SMILES string of the molecule is CCc1cc(CNc2ccccc2)[nH]n1. The third kappa shape index (κ3) is 2.59. The topological polar surface area (TPSA) is 40.7 Å². The van der Waals surface area contributed by atoms with Gasteiger partial charge in [-0.3, -0.25) is 5.10 Å². The van der Waals surface area contributed by atoms with E-state index in [9.17, 15) is 0 Å². The van der Waals surface area contributed by atoms with Crippen LogP contribution in [0.5, 0.6) is 0 Å². The molecule has 78 valence electrons. The Morgan fingerprint density at radius 1 is 1.27 bits per heavy atom. The Kier molecular flexibility index (Phi) is 3.02. The van der Waals surface area contributed by atoms with E-state index in [2.05, 4.69) is 40.6 Å². The van der Waals surface area contributed by atoms with E-state index in [1.54, 1.807) is 0 Å². The van der Waals surface area contributed by atoms with Crippen molar-refractivity contribution < 1.29 is 0 Å². The van der Waals surface area contributed by atoms with Gasteiger partial charge in [0.05, 0.1) is 17.9 Å². The number of aromatic amines is 1. The van der Waals surface area contributed by atoms with Crippen LogP contribution in [0.2, 0.25) is 0 Å². The number of hydrogen-bond donors (Lipinski definition) is 2. The fourth-order valence-electron chi connectivity index (χ4n) is 1.43. The average molecular weight is 201 g/mol. The van der Waals surface area contributed by atoms with Crippen molar-refractivity contribution in [3.05, 3.63) is 47.8 Å². The van der Waals surface area contributed by atoms with Gasteiger partial charge in [0, 0.05) is 5.69 Å². The first-order chi connectivity index (χ1) is 7.38. The fourth-order valence-corrected chi connectivity index (χ4v) is 1.43. The van der Waals surface area contributed by atoms with E-state index >= 15 is 0 Å². The van der Waals surface area contributed by atoms with E-state index in [-0.39, 0.29) is 0 Å². The highest BCUT2D eigenvalue weighted by atomic mass is 15.1. The molecule has 0 unspecified atom stereocenters. The lowest BCUT2D eigenvalue weighted by molar-refractivity contribution is 0.939.